The number of halogens is 1. The molecule has 0 radical (unpaired) electrons. The molecule has 1 aromatic carbocycles. The Morgan fingerprint density at radius 2 is 2.00 bits per heavy atom. The van der Waals surface area contributed by atoms with Crippen molar-refractivity contribution in [3.63, 3.8) is 0 Å². The zero-order valence-electron chi connectivity index (χ0n) is 11.5. The van der Waals surface area contributed by atoms with Crippen LogP contribution in [0.25, 0.3) is 11.5 Å². The zero-order chi connectivity index (χ0) is 14.1. The highest BCUT2D eigenvalue weighted by Gasteiger charge is 2.24. The average Bonchev–Trinajstić information content (AvgIpc) is 2.92. The Bertz CT molecular complexity index is 603. The first-order chi connectivity index (χ1) is 9.65. The first kappa shape index (κ1) is 13.1. The van der Waals surface area contributed by atoms with E-state index in [1.165, 1.54) is 18.9 Å². The summed E-state index contributed by atoms with van der Waals surface area (Å²) in [5.74, 6) is 1.68. The number of para-hydroxylation sites is 1. The molecule has 1 saturated carbocycles. The zero-order valence-corrected chi connectivity index (χ0v) is 11.5. The normalized spacial score (nSPS) is 22.9. The summed E-state index contributed by atoms with van der Waals surface area (Å²) in [7, 11) is 0. The molecule has 0 bridgehead atoms. The highest BCUT2D eigenvalue weighted by molar-refractivity contribution is 5.70. The van der Waals surface area contributed by atoms with Gasteiger partial charge in [0.05, 0.1) is 11.3 Å². The van der Waals surface area contributed by atoms with Gasteiger partial charge in [-0.15, -0.1) is 0 Å². The van der Waals surface area contributed by atoms with Gasteiger partial charge in [0.2, 0.25) is 0 Å². The van der Waals surface area contributed by atoms with Crippen LogP contribution in [0.4, 0.5) is 10.1 Å². The van der Waals surface area contributed by atoms with Crippen LogP contribution in [0.1, 0.15) is 44.3 Å². The maximum absolute atomic E-state index is 13.5. The minimum absolute atomic E-state index is 0.0555. The van der Waals surface area contributed by atoms with Crippen molar-refractivity contribution in [2.45, 2.75) is 38.5 Å². The number of hydrogen-bond donors (Lipinski definition) is 1. The largest absolute Gasteiger partial charge is 0.396 e. The smallest absolute Gasteiger partial charge is 0.260 e. The fraction of sp³-hybridized carbons (Fsp3) is 0.467. The van der Waals surface area contributed by atoms with Crippen LogP contribution in [0.15, 0.2) is 22.7 Å². The Morgan fingerprint density at radius 3 is 2.75 bits per heavy atom. The van der Waals surface area contributed by atoms with Gasteiger partial charge in [0.25, 0.3) is 5.89 Å². The summed E-state index contributed by atoms with van der Waals surface area (Å²) in [6, 6.07) is 4.60. The number of aromatic nitrogens is 2. The van der Waals surface area contributed by atoms with Gasteiger partial charge >= 0.3 is 0 Å². The minimum Gasteiger partial charge on any atom is -0.396 e. The van der Waals surface area contributed by atoms with E-state index in [0.717, 1.165) is 24.6 Å². The van der Waals surface area contributed by atoms with Crippen molar-refractivity contribution in [1.29, 1.82) is 0 Å². The van der Waals surface area contributed by atoms with E-state index >= 15 is 0 Å². The third-order valence-electron chi connectivity index (χ3n) is 4.11. The Hall–Kier alpha value is -1.91. The Kier molecular flexibility index (Phi) is 3.42. The lowest BCUT2D eigenvalue weighted by molar-refractivity contribution is 0.329. The first-order valence-corrected chi connectivity index (χ1v) is 7.03. The van der Waals surface area contributed by atoms with E-state index in [-0.39, 0.29) is 5.69 Å². The van der Waals surface area contributed by atoms with Gasteiger partial charge in [-0.1, -0.05) is 31.0 Å². The van der Waals surface area contributed by atoms with Gasteiger partial charge in [-0.2, -0.15) is 4.98 Å². The van der Waals surface area contributed by atoms with Crippen LogP contribution < -0.4 is 5.73 Å². The molecule has 4 nitrogen and oxygen atoms in total. The number of nitrogen functional groups attached to an aromatic ring is 1. The number of benzene rings is 1. The number of anilines is 1. The maximum Gasteiger partial charge on any atom is 0.260 e. The van der Waals surface area contributed by atoms with E-state index in [2.05, 4.69) is 17.1 Å². The molecule has 0 saturated heterocycles. The maximum atomic E-state index is 13.5. The summed E-state index contributed by atoms with van der Waals surface area (Å²) < 4.78 is 18.7. The molecule has 0 spiro atoms. The fourth-order valence-corrected chi connectivity index (χ4v) is 2.75. The van der Waals surface area contributed by atoms with Crippen LogP contribution in [-0.4, -0.2) is 10.1 Å². The molecule has 2 aromatic rings. The summed E-state index contributed by atoms with van der Waals surface area (Å²) in [5.41, 5.74) is 6.24. The molecular formula is C15H18FN3O. The minimum atomic E-state index is -0.464. The highest BCUT2D eigenvalue weighted by atomic mass is 19.1. The topological polar surface area (TPSA) is 64.9 Å². The summed E-state index contributed by atoms with van der Waals surface area (Å²) in [6.45, 7) is 2.27. The molecule has 1 aliphatic rings. The Labute approximate surface area is 117 Å². The van der Waals surface area contributed by atoms with Crippen molar-refractivity contribution in [3.05, 3.63) is 29.8 Å². The van der Waals surface area contributed by atoms with Crippen LogP contribution in [0.5, 0.6) is 0 Å². The van der Waals surface area contributed by atoms with Crippen molar-refractivity contribution in [2.24, 2.45) is 5.92 Å². The molecular weight excluding hydrogens is 257 g/mol. The van der Waals surface area contributed by atoms with Gasteiger partial charge in [-0.3, -0.25) is 0 Å². The van der Waals surface area contributed by atoms with Crippen LogP contribution in [0.3, 0.4) is 0 Å². The highest BCUT2D eigenvalue weighted by Crippen LogP contribution is 2.35. The summed E-state index contributed by atoms with van der Waals surface area (Å²) >= 11 is 0. The molecule has 1 aromatic heterocycles. The van der Waals surface area contributed by atoms with E-state index in [4.69, 9.17) is 10.3 Å². The quantitative estimate of drug-likeness (QED) is 0.848. The Balaban J connectivity index is 1.85. The lowest BCUT2D eigenvalue weighted by atomic mass is 9.83. The third-order valence-corrected chi connectivity index (χ3v) is 4.11. The second-order valence-electron chi connectivity index (χ2n) is 5.62. The van der Waals surface area contributed by atoms with Crippen molar-refractivity contribution < 1.29 is 8.91 Å². The van der Waals surface area contributed by atoms with E-state index in [9.17, 15) is 4.39 Å². The summed E-state index contributed by atoms with van der Waals surface area (Å²) in [5, 5.41) is 4.05. The van der Waals surface area contributed by atoms with Crippen LogP contribution >= 0.6 is 0 Å². The van der Waals surface area contributed by atoms with E-state index in [1.54, 1.807) is 12.1 Å². The molecule has 1 heterocycles. The van der Waals surface area contributed by atoms with Crippen LogP contribution in [0.2, 0.25) is 0 Å². The van der Waals surface area contributed by atoms with E-state index in [0.29, 0.717) is 17.4 Å². The predicted molar refractivity (Wildman–Crippen MR) is 74.5 cm³/mol. The number of nitrogens with two attached hydrogens (primary N) is 1. The second-order valence-corrected chi connectivity index (χ2v) is 5.62. The first-order valence-electron chi connectivity index (χ1n) is 7.03. The molecule has 0 amide bonds. The van der Waals surface area contributed by atoms with Gasteiger partial charge in [0.15, 0.2) is 5.82 Å². The molecule has 3 rings (SSSR count). The summed E-state index contributed by atoms with van der Waals surface area (Å²) in [6.07, 6.45) is 4.55. The number of nitrogens with zero attached hydrogens (tertiary/aromatic N) is 2. The number of rotatable bonds is 2. The van der Waals surface area contributed by atoms with Crippen molar-refractivity contribution in [3.8, 4) is 11.5 Å². The molecule has 20 heavy (non-hydrogen) atoms. The number of hydrogen-bond acceptors (Lipinski definition) is 4. The molecule has 1 aliphatic carbocycles. The molecule has 0 atom stereocenters. The van der Waals surface area contributed by atoms with Crippen LogP contribution in [-0.2, 0) is 0 Å². The van der Waals surface area contributed by atoms with Gasteiger partial charge in [-0.05, 0) is 30.9 Å². The fourth-order valence-electron chi connectivity index (χ4n) is 2.75. The standard InChI is InChI=1S/C15H18FN3O/c1-9-5-7-10(8-6-9)14-18-15(20-19-14)11-3-2-4-12(16)13(11)17/h2-4,9-10H,5-8,17H2,1H3. The average molecular weight is 275 g/mol. The molecule has 2 N–H and O–H groups in total. The molecule has 1 fully saturated rings. The molecule has 0 aliphatic heterocycles. The van der Waals surface area contributed by atoms with Crippen LogP contribution in [0, 0.1) is 11.7 Å². The van der Waals surface area contributed by atoms with Crippen molar-refractivity contribution in [1.82, 2.24) is 10.1 Å². The van der Waals surface area contributed by atoms with Gasteiger partial charge in [0, 0.05) is 5.92 Å². The predicted octanol–water partition coefficient (Wildman–Crippen LogP) is 3.75. The van der Waals surface area contributed by atoms with Crippen molar-refractivity contribution >= 4 is 5.69 Å². The van der Waals surface area contributed by atoms with E-state index < -0.39 is 5.82 Å². The molecule has 5 heteroatoms. The van der Waals surface area contributed by atoms with Crippen molar-refractivity contribution in [2.75, 3.05) is 5.73 Å². The van der Waals surface area contributed by atoms with Gasteiger partial charge in [-0.25, -0.2) is 4.39 Å². The second kappa shape index (κ2) is 5.23. The summed E-state index contributed by atoms with van der Waals surface area (Å²) in [4.78, 5) is 4.41. The van der Waals surface area contributed by atoms with E-state index in [1.807, 2.05) is 0 Å². The molecule has 106 valence electrons. The van der Waals surface area contributed by atoms with Gasteiger partial charge < -0.3 is 10.3 Å². The Morgan fingerprint density at radius 1 is 1.25 bits per heavy atom. The lowest BCUT2D eigenvalue weighted by Crippen LogP contribution is -2.11. The third kappa shape index (κ3) is 2.40. The monoisotopic (exact) mass is 275 g/mol. The van der Waals surface area contributed by atoms with Gasteiger partial charge in [0.1, 0.15) is 5.82 Å². The molecule has 0 unspecified atom stereocenters. The lowest BCUT2D eigenvalue weighted by Gasteiger charge is -2.23. The SMILES string of the molecule is CC1CCC(c2noc(-c3cccc(F)c3N)n2)CC1.